The normalized spacial score (nSPS) is 18.1. The standard InChI is InChI=1S/C20H19Cl2F3N2O/c21-16-6-3-13(18(22)10-16)11-27-9-1-2-14(12-27)19(28)26-17-7-4-15(5-8-17)20(23,24)25/h3-8,10,14H,1-2,9,11-12H2,(H,26,28). The number of hydrogen-bond acceptors (Lipinski definition) is 2. The molecule has 2 aromatic rings. The third kappa shape index (κ3) is 5.40. The Morgan fingerprint density at radius 2 is 1.86 bits per heavy atom. The molecule has 1 atom stereocenters. The van der Waals surface area contributed by atoms with Crippen molar-refractivity contribution < 1.29 is 18.0 Å². The van der Waals surface area contributed by atoms with Crippen molar-refractivity contribution in [3.63, 3.8) is 0 Å². The summed E-state index contributed by atoms with van der Waals surface area (Å²) in [5, 5.41) is 3.87. The van der Waals surface area contributed by atoms with E-state index in [1.54, 1.807) is 12.1 Å². The predicted molar refractivity (Wildman–Crippen MR) is 105 cm³/mol. The van der Waals surface area contributed by atoms with Crippen LogP contribution in [0.5, 0.6) is 0 Å². The molecule has 0 bridgehead atoms. The minimum absolute atomic E-state index is 0.188. The Bertz CT molecular complexity index is 840. The van der Waals surface area contributed by atoms with Crippen molar-refractivity contribution in [2.24, 2.45) is 5.92 Å². The molecule has 3 nitrogen and oxygen atoms in total. The SMILES string of the molecule is O=C(Nc1ccc(C(F)(F)F)cc1)C1CCCN(Cc2ccc(Cl)cc2Cl)C1. The largest absolute Gasteiger partial charge is 0.416 e. The quantitative estimate of drug-likeness (QED) is 0.658. The van der Waals surface area contributed by atoms with Crippen molar-refractivity contribution in [1.82, 2.24) is 4.90 Å². The molecule has 1 N–H and O–H groups in total. The number of amides is 1. The van der Waals surface area contributed by atoms with Gasteiger partial charge in [0.05, 0.1) is 11.5 Å². The highest BCUT2D eigenvalue weighted by atomic mass is 35.5. The Balaban J connectivity index is 1.59. The van der Waals surface area contributed by atoms with Crippen molar-refractivity contribution in [3.05, 3.63) is 63.6 Å². The molecule has 1 aliphatic rings. The van der Waals surface area contributed by atoms with E-state index in [1.165, 1.54) is 12.1 Å². The summed E-state index contributed by atoms with van der Waals surface area (Å²) in [6.07, 6.45) is -2.80. The molecule has 0 radical (unpaired) electrons. The summed E-state index contributed by atoms with van der Waals surface area (Å²) in [5.74, 6) is -0.422. The monoisotopic (exact) mass is 430 g/mol. The third-order valence-corrected chi connectivity index (χ3v) is 5.35. The molecule has 0 aliphatic carbocycles. The number of halogens is 5. The number of anilines is 1. The van der Waals surface area contributed by atoms with Crippen LogP contribution in [-0.2, 0) is 17.5 Å². The number of benzene rings is 2. The van der Waals surface area contributed by atoms with Crippen LogP contribution >= 0.6 is 23.2 Å². The number of likely N-dealkylation sites (tertiary alicyclic amines) is 1. The number of carbonyl (C=O) groups is 1. The summed E-state index contributed by atoms with van der Waals surface area (Å²) in [4.78, 5) is 14.7. The summed E-state index contributed by atoms with van der Waals surface area (Å²) >= 11 is 12.2. The van der Waals surface area contributed by atoms with E-state index in [0.29, 0.717) is 28.8 Å². The van der Waals surface area contributed by atoms with Crippen LogP contribution in [0.3, 0.4) is 0 Å². The fraction of sp³-hybridized carbons (Fsp3) is 0.350. The van der Waals surface area contributed by atoms with E-state index in [-0.39, 0.29) is 11.8 Å². The van der Waals surface area contributed by atoms with Gasteiger partial charge in [-0.1, -0.05) is 29.3 Å². The predicted octanol–water partition coefficient (Wildman–Crippen LogP) is 5.86. The summed E-state index contributed by atoms with van der Waals surface area (Å²) in [6, 6.07) is 9.81. The van der Waals surface area contributed by atoms with Gasteiger partial charge in [0, 0.05) is 28.8 Å². The second-order valence-corrected chi connectivity index (χ2v) is 7.72. The molecule has 1 fully saturated rings. The molecule has 150 valence electrons. The Labute approximate surface area is 171 Å². The van der Waals surface area contributed by atoms with Gasteiger partial charge >= 0.3 is 6.18 Å². The van der Waals surface area contributed by atoms with Crippen LogP contribution in [0.1, 0.15) is 24.0 Å². The first-order chi connectivity index (χ1) is 13.2. The molecule has 1 amide bonds. The van der Waals surface area contributed by atoms with Crippen LogP contribution in [0.15, 0.2) is 42.5 Å². The first kappa shape index (κ1) is 21.0. The van der Waals surface area contributed by atoms with Crippen molar-refractivity contribution in [2.75, 3.05) is 18.4 Å². The number of carbonyl (C=O) groups excluding carboxylic acids is 1. The van der Waals surface area contributed by atoms with Gasteiger partial charge in [-0.3, -0.25) is 9.69 Å². The van der Waals surface area contributed by atoms with Crippen LogP contribution in [0.25, 0.3) is 0 Å². The highest BCUT2D eigenvalue weighted by Crippen LogP contribution is 2.30. The fourth-order valence-electron chi connectivity index (χ4n) is 3.29. The van der Waals surface area contributed by atoms with E-state index >= 15 is 0 Å². The maximum absolute atomic E-state index is 12.6. The Morgan fingerprint density at radius 1 is 1.14 bits per heavy atom. The smallest absolute Gasteiger partial charge is 0.326 e. The molecule has 1 saturated heterocycles. The van der Waals surface area contributed by atoms with Crippen molar-refractivity contribution in [2.45, 2.75) is 25.6 Å². The van der Waals surface area contributed by atoms with Gasteiger partial charge in [-0.05, 0) is 61.3 Å². The number of nitrogens with one attached hydrogen (secondary N) is 1. The maximum Gasteiger partial charge on any atom is 0.416 e. The molecule has 8 heteroatoms. The van der Waals surface area contributed by atoms with Crippen molar-refractivity contribution >= 4 is 34.8 Å². The van der Waals surface area contributed by atoms with Gasteiger partial charge in [0.15, 0.2) is 0 Å². The lowest BCUT2D eigenvalue weighted by atomic mass is 9.96. The molecule has 1 heterocycles. The lowest BCUT2D eigenvalue weighted by Crippen LogP contribution is -2.40. The molecule has 0 spiro atoms. The summed E-state index contributed by atoms with van der Waals surface area (Å²) in [7, 11) is 0. The van der Waals surface area contributed by atoms with Crippen LogP contribution in [0, 0.1) is 5.92 Å². The number of rotatable bonds is 4. The summed E-state index contributed by atoms with van der Waals surface area (Å²) < 4.78 is 37.9. The molecular weight excluding hydrogens is 412 g/mol. The van der Waals surface area contributed by atoms with Gasteiger partial charge in [-0.25, -0.2) is 0 Å². The third-order valence-electron chi connectivity index (χ3n) is 4.77. The summed E-state index contributed by atoms with van der Waals surface area (Å²) in [6.45, 7) is 2.02. The maximum atomic E-state index is 12.6. The highest BCUT2D eigenvalue weighted by Gasteiger charge is 2.30. The number of alkyl halides is 3. The van der Waals surface area contributed by atoms with Gasteiger partial charge in [0.25, 0.3) is 0 Å². The van der Waals surface area contributed by atoms with Crippen LogP contribution in [0.4, 0.5) is 18.9 Å². The number of nitrogens with zero attached hydrogens (tertiary/aromatic N) is 1. The average Bonchev–Trinajstić information content (AvgIpc) is 2.64. The van der Waals surface area contributed by atoms with E-state index < -0.39 is 11.7 Å². The van der Waals surface area contributed by atoms with E-state index in [1.807, 2.05) is 6.07 Å². The highest BCUT2D eigenvalue weighted by molar-refractivity contribution is 6.35. The first-order valence-corrected chi connectivity index (χ1v) is 9.62. The van der Waals surface area contributed by atoms with Crippen LogP contribution in [0.2, 0.25) is 10.0 Å². The van der Waals surface area contributed by atoms with E-state index in [2.05, 4.69) is 10.2 Å². The number of hydrogen-bond donors (Lipinski definition) is 1. The molecule has 3 rings (SSSR count). The fourth-order valence-corrected chi connectivity index (χ4v) is 3.76. The topological polar surface area (TPSA) is 32.3 Å². The zero-order valence-electron chi connectivity index (χ0n) is 14.9. The molecular formula is C20H19Cl2F3N2O. The molecule has 1 unspecified atom stereocenters. The van der Waals surface area contributed by atoms with E-state index in [0.717, 1.165) is 37.1 Å². The van der Waals surface area contributed by atoms with Crippen molar-refractivity contribution in [1.29, 1.82) is 0 Å². The zero-order valence-corrected chi connectivity index (χ0v) is 16.4. The average molecular weight is 431 g/mol. The Morgan fingerprint density at radius 3 is 2.50 bits per heavy atom. The molecule has 0 aromatic heterocycles. The van der Waals surface area contributed by atoms with E-state index in [4.69, 9.17) is 23.2 Å². The summed E-state index contributed by atoms with van der Waals surface area (Å²) in [5.41, 5.74) is 0.555. The molecule has 28 heavy (non-hydrogen) atoms. The molecule has 0 saturated carbocycles. The first-order valence-electron chi connectivity index (χ1n) is 8.87. The van der Waals surface area contributed by atoms with Gasteiger partial charge in [0.1, 0.15) is 0 Å². The van der Waals surface area contributed by atoms with Crippen LogP contribution in [-0.4, -0.2) is 23.9 Å². The van der Waals surface area contributed by atoms with Gasteiger partial charge in [0.2, 0.25) is 5.91 Å². The lowest BCUT2D eigenvalue weighted by molar-refractivity contribution is -0.137. The molecule has 2 aromatic carbocycles. The second kappa shape index (κ2) is 8.72. The van der Waals surface area contributed by atoms with Crippen LogP contribution < -0.4 is 5.32 Å². The number of piperidine rings is 1. The van der Waals surface area contributed by atoms with Crippen molar-refractivity contribution in [3.8, 4) is 0 Å². The van der Waals surface area contributed by atoms with Gasteiger partial charge in [-0.15, -0.1) is 0 Å². The minimum Gasteiger partial charge on any atom is -0.326 e. The molecule has 1 aliphatic heterocycles. The van der Waals surface area contributed by atoms with Gasteiger partial charge in [-0.2, -0.15) is 13.2 Å². The van der Waals surface area contributed by atoms with E-state index in [9.17, 15) is 18.0 Å². The Hall–Kier alpha value is -1.76. The lowest BCUT2D eigenvalue weighted by Gasteiger charge is -2.32. The zero-order chi connectivity index (χ0) is 20.3. The Kier molecular flexibility index (Phi) is 6.53. The second-order valence-electron chi connectivity index (χ2n) is 6.87. The minimum atomic E-state index is -4.39. The van der Waals surface area contributed by atoms with Gasteiger partial charge < -0.3 is 5.32 Å².